The molecule has 0 aromatic heterocycles. The van der Waals surface area contributed by atoms with Crippen LogP contribution < -0.4 is 10.1 Å². The van der Waals surface area contributed by atoms with Crippen LogP contribution in [-0.4, -0.2) is 46.4 Å². The fraction of sp³-hybridized carbons (Fsp3) is 0.278. The third-order valence-corrected chi connectivity index (χ3v) is 6.30. The number of hydrogen-bond donors (Lipinski definition) is 1. The number of hydrogen-bond acceptors (Lipinski definition) is 4. The van der Waals surface area contributed by atoms with E-state index in [0.29, 0.717) is 23.0 Å². The van der Waals surface area contributed by atoms with Crippen molar-refractivity contribution in [2.24, 2.45) is 0 Å². The van der Waals surface area contributed by atoms with Crippen molar-refractivity contribution >= 4 is 39.1 Å². The van der Waals surface area contributed by atoms with E-state index in [4.69, 9.17) is 27.9 Å². The molecule has 0 atom stereocenters. The van der Waals surface area contributed by atoms with Gasteiger partial charge in [0.15, 0.2) is 0 Å². The first-order chi connectivity index (χ1) is 12.7. The van der Waals surface area contributed by atoms with E-state index < -0.39 is 15.9 Å². The predicted molar refractivity (Wildman–Crippen MR) is 106 cm³/mol. The van der Waals surface area contributed by atoms with E-state index in [-0.39, 0.29) is 16.2 Å². The van der Waals surface area contributed by atoms with Gasteiger partial charge in [-0.3, -0.25) is 4.79 Å². The summed E-state index contributed by atoms with van der Waals surface area (Å²) in [6.07, 6.45) is 0.515. The molecule has 0 fully saturated rings. The summed E-state index contributed by atoms with van der Waals surface area (Å²) < 4.78 is 31.1. The Balaban J connectivity index is 2.14. The van der Waals surface area contributed by atoms with Crippen LogP contribution in [0.1, 0.15) is 15.9 Å². The van der Waals surface area contributed by atoms with Gasteiger partial charge in [-0.1, -0.05) is 29.3 Å². The third-order valence-electron chi connectivity index (χ3n) is 3.88. The summed E-state index contributed by atoms with van der Waals surface area (Å²) in [4.78, 5) is 12.3. The molecule has 2 aromatic carbocycles. The highest BCUT2D eigenvalue weighted by Crippen LogP contribution is 2.27. The summed E-state index contributed by atoms with van der Waals surface area (Å²) in [6, 6.07) is 9.44. The summed E-state index contributed by atoms with van der Waals surface area (Å²) in [7, 11) is 0.452. The molecule has 0 saturated carbocycles. The van der Waals surface area contributed by atoms with Crippen molar-refractivity contribution in [3.63, 3.8) is 0 Å². The van der Waals surface area contributed by atoms with Crippen molar-refractivity contribution < 1.29 is 17.9 Å². The normalized spacial score (nSPS) is 11.5. The second kappa shape index (κ2) is 8.93. The number of carbonyl (C=O) groups excluding carboxylic acids is 1. The number of ether oxygens (including phenoxy) is 1. The van der Waals surface area contributed by atoms with Crippen LogP contribution >= 0.6 is 23.2 Å². The van der Waals surface area contributed by atoms with E-state index >= 15 is 0 Å². The van der Waals surface area contributed by atoms with Crippen LogP contribution in [0.25, 0.3) is 0 Å². The van der Waals surface area contributed by atoms with E-state index in [9.17, 15) is 13.2 Å². The topological polar surface area (TPSA) is 75.7 Å². The van der Waals surface area contributed by atoms with E-state index in [2.05, 4.69) is 5.32 Å². The second-order valence-electron chi connectivity index (χ2n) is 5.89. The minimum atomic E-state index is -3.75. The van der Waals surface area contributed by atoms with Gasteiger partial charge in [0.1, 0.15) is 10.6 Å². The van der Waals surface area contributed by atoms with Gasteiger partial charge in [0, 0.05) is 36.2 Å². The summed E-state index contributed by atoms with van der Waals surface area (Å²) in [5.74, 6) is -0.217. The Morgan fingerprint density at radius 2 is 1.85 bits per heavy atom. The number of nitrogens with one attached hydrogen (secondary N) is 1. The lowest BCUT2D eigenvalue weighted by molar-refractivity contribution is 0.0954. The molecule has 1 amide bonds. The fourth-order valence-electron chi connectivity index (χ4n) is 2.35. The van der Waals surface area contributed by atoms with Crippen molar-refractivity contribution in [3.8, 4) is 5.75 Å². The summed E-state index contributed by atoms with van der Waals surface area (Å²) in [5.41, 5.74) is 1.07. The summed E-state index contributed by atoms with van der Waals surface area (Å²) in [5, 5.41) is 3.83. The Hall–Kier alpha value is -1.80. The van der Waals surface area contributed by atoms with Crippen LogP contribution in [0.2, 0.25) is 10.0 Å². The van der Waals surface area contributed by atoms with E-state index in [0.717, 1.165) is 9.87 Å². The molecule has 0 saturated heterocycles. The number of nitrogens with zero attached hydrogens (tertiary/aromatic N) is 1. The Morgan fingerprint density at radius 1 is 1.15 bits per heavy atom. The molecule has 2 rings (SSSR count). The Labute approximate surface area is 169 Å². The maximum absolute atomic E-state index is 12.4. The summed E-state index contributed by atoms with van der Waals surface area (Å²) >= 11 is 12.0. The third kappa shape index (κ3) is 5.13. The molecular weight excluding hydrogens is 411 g/mol. The largest absolute Gasteiger partial charge is 0.495 e. The SMILES string of the molecule is COc1ccc(C(=O)NCCc2ccc(Cl)cc2Cl)cc1S(=O)(=O)N(C)C. The van der Waals surface area contributed by atoms with Crippen molar-refractivity contribution in [2.45, 2.75) is 11.3 Å². The number of carbonyl (C=O) groups is 1. The number of amides is 1. The first-order valence-electron chi connectivity index (χ1n) is 7.99. The number of rotatable bonds is 7. The summed E-state index contributed by atoms with van der Waals surface area (Å²) in [6.45, 7) is 0.335. The van der Waals surface area contributed by atoms with E-state index in [1.807, 2.05) is 0 Å². The first-order valence-corrected chi connectivity index (χ1v) is 10.2. The molecule has 0 aliphatic rings. The maximum Gasteiger partial charge on any atom is 0.251 e. The molecule has 0 unspecified atom stereocenters. The van der Waals surface area contributed by atoms with Gasteiger partial charge in [-0.05, 0) is 42.3 Å². The van der Waals surface area contributed by atoms with E-state index in [1.54, 1.807) is 18.2 Å². The second-order valence-corrected chi connectivity index (χ2v) is 8.86. The van der Waals surface area contributed by atoms with Crippen LogP contribution in [-0.2, 0) is 16.4 Å². The van der Waals surface area contributed by atoms with Gasteiger partial charge in [-0.15, -0.1) is 0 Å². The molecular formula is C18H20Cl2N2O4S. The molecule has 6 nitrogen and oxygen atoms in total. The lowest BCUT2D eigenvalue weighted by Crippen LogP contribution is -2.27. The van der Waals surface area contributed by atoms with Gasteiger partial charge in [0.2, 0.25) is 10.0 Å². The predicted octanol–water partition coefficient (Wildman–Crippen LogP) is 3.22. The number of halogens is 2. The Morgan fingerprint density at radius 3 is 2.44 bits per heavy atom. The molecule has 2 aromatic rings. The molecule has 0 bridgehead atoms. The van der Waals surface area contributed by atoms with Crippen LogP contribution in [0, 0.1) is 0 Å². The van der Waals surface area contributed by atoms with Gasteiger partial charge < -0.3 is 10.1 Å². The quantitative estimate of drug-likeness (QED) is 0.731. The molecule has 0 aliphatic heterocycles. The van der Waals surface area contributed by atoms with Gasteiger partial charge in [0.05, 0.1) is 7.11 Å². The molecule has 0 spiro atoms. The minimum Gasteiger partial charge on any atom is -0.495 e. The monoisotopic (exact) mass is 430 g/mol. The van der Waals surface area contributed by atoms with Crippen LogP contribution in [0.4, 0.5) is 0 Å². The molecule has 0 heterocycles. The Kier molecular flexibility index (Phi) is 7.11. The standard InChI is InChI=1S/C18H20Cl2N2O4S/c1-22(2)27(24,25)17-10-13(5-7-16(17)26-3)18(23)21-9-8-12-4-6-14(19)11-15(12)20/h4-7,10-11H,8-9H2,1-3H3,(H,21,23). The smallest absolute Gasteiger partial charge is 0.251 e. The van der Waals surface area contributed by atoms with Gasteiger partial charge >= 0.3 is 0 Å². The zero-order chi connectivity index (χ0) is 20.2. The molecule has 1 N–H and O–H groups in total. The highest BCUT2D eigenvalue weighted by molar-refractivity contribution is 7.89. The van der Waals surface area contributed by atoms with Crippen molar-refractivity contribution in [2.75, 3.05) is 27.7 Å². The van der Waals surface area contributed by atoms with Gasteiger partial charge in [0.25, 0.3) is 5.91 Å². The molecule has 0 radical (unpaired) electrons. The number of sulfonamides is 1. The van der Waals surface area contributed by atoms with E-state index in [1.165, 1.54) is 39.4 Å². The van der Waals surface area contributed by atoms with Crippen molar-refractivity contribution in [3.05, 3.63) is 57.6 Å². The highest BCUT2D eigenvalue weighted by atomic mass is 35.5. The van der Waals surface area contributed by atoms with Crippen molar-refractivity contribution in [1.29, 1.82) is 0 Å². The average molecular weight is 431 g/mol. The number of benzene rings is 2. The molecule has 9 heteroatoms. The van der Waals surface area contributed by atoms with Crippen LogP contribution in [0.15, 0.2) is 41.3 Å². The molecule has 0 aliphatic carbocycles. The van der Waals surface area contributed by atoms with Crippen LogP contribution in [0.3, 0.4) is 0 Å². The molecule has 146 valence electrons. The van der Waals surface area contributed by atoms with Gasteiger partial charge in [-0.2, -0.15) is 0 Å². The average Bonchev–Trinajstić information content (AvgIpc) is 2.62. The van der Waals surface area contributed by atoms with Crippen molar-refractivity contribution in [1.82, 2.24) is 9.62 Å². The Bertz CT molecular complexity index is 946. The number of methoxy groups -OCH3 is 1. The van der Waals surface area contributed by atoms with Crippen LogP contribution in [0.5, 0.6) is 5.75 Å². The highest BCUT2D eigenvalue weighted by Gasteiger charge is 2.23. The van der Waals surface area contributed by atoms with Gasteiger partial charge in [-0.25, -0.2) is 12.7 Å². The lowest BCUT2D eigenvalue weighted by atomic mass is 10.1. The fourth-order valence-corrected chi connectivity index (χ4v) is 3.93. The maximum atomic E-state index is 12.4. The zero-order valence-corrected chi connectivity index (χ0v) is 17.5. The zero-order valence-electron chi connectivity index (χ0n) is 15.1. The lowest BCUT2D eigenvalue weighted by Gasteiger charge is -2.15. The first kappa shape index (κ1) is 21.5. The minimum absolute atomic E-state index is 0.0663. The molecule has 27 heavy (non-hydrogen) atoms.